The van der Waals surface area contributed by atoms with Gasteiger partial charge in [-0.05, 0) is 42.7 Å². The van der Waals surface area contributed by atoms with E-state index in [0.29, 0.717) is 0 Å². The largest absolute Gasteiger partial charge is 0.179 e. The highest BCUT2D eigenvalue weighted by Gasteiger charge is 1.93. The summed E-state index contributed by atoms with van der Waals surface area (Å²) in [5.74, 6) is 1.01. The fourth-order valence-corrected chi connectivity index (χ4v) is 1.98. The Hall–Kier alpha value is 0.0500. The molecule has 1 aromatic carbocycles. The van der Waals surface area contributed by atoms with Crippen LogP contribution in [0.1, 0.15) is 24.8 Å². The molecule has 0 spiro atoms. The molecule has 0 aromatic heterocycles. The summed E-state index contributed by atoms with van der Waals surface area (Å²) < 4.78 is 1.18. The number of unbranched alkanes of at least 4 members (excludes halogenated alkanes) is 2. The Morgan fingerprint density at radius 2 is 2.00 bits per heavy atom. The third-order valence-corrected chi connectivity index (χ3v) is 2.82. The van der Waals surface area contributed by atoms with Crippen LogP contribution in [-0.4, -0.2) is 5.75 Å². The molecule has 0 atom stereocenters. The van der Waals surface area contributed by atoms with E-state index in [-0.39, 0.29) is 0 Å². The molecule has 1 aromatic rings. The quantitative estimate of drug-likeness (QED) is 0.597. The van der Waals surface area contributed by atoms with Gasteiger partial charge in [0.1, 0.15) is 0 Å². The molecule has 1 rings (SSSR count). The van der Waals surface area contributed by atoms with Crippen LogP contribution in [-0.2, 0) is 6.42 Å². The molecule has 2 heteroatoms. The highest BCUT2D eigenvalue weighted by Crippen LogP contribution is 2.13. The van der Waals surface area contributed by atoms with Crippen molar-refractivity contribution in [2.75, 3.05) is 5.75 Å². The number of halogens is 1. The van der Waals surface area contributed by atoms with Gasteiger partial charge in [0.2, 0.25) is 0 Å². The number of aryl methyl sites for hydroxylation is 1. The second-order valence-corrected chi connectivity index (χ2v) is 4.53. The Morgan fingerprint density at radius 1 is 1.15 bits per heavy atom. The lowest BCUT2D eigenvalue weighted by Crippen LogP contribution is -1.86. The molecule has 0 unspecified atom stereocenters. The lowest BCUT2D eigenvalue weighted by atomic mass is 10.1. The zero-order valence-electron chi connectivity index (χ0n) is 7.67. The molecule has 13 heavy (non-hydrogen) atoms. The van der Waals surface area contributed by atoms with Crippen LogP contribution in [0.25, 0.3) is 0 Å². The first kappa shape index (κ1) is 11.1. The van der Waals surface area contributed by atoms with Crippen LogP contribution in [0.5, 0.6) is 0 Å². The van der Waals surface area contributed by atoms with Gasteiger partial charge in [-0.3, -0.25) is 0 Å². The number of rotatable bonds is 5. The molecule has 0 aliphatic heterocycles. The smallest absolute Gasteiger partial charge is 0.0177 e. The van der Waals surface area contributed by atoms with Gasteiger partial charge in [0.05, 0.1) is 0 Å². The molecular weight excluding hydrogens is 244 g/mol. The minimum absolute atomic E-state index is 1.01. The Morgan fingerprint density at radius 3 is 2.69 bits per heavy atom. The van der Waals surface area contributed by atoms with Gasteiger partial charge in [-0.1, -0.05) is 34.5 Å². The minimum atomic E-state index is 1.01. The average molecular weight is 259 g/mol. The summed E-state index contributed by atoms with van der Waals surface area (Å²) in [4.78, 5) is 0. The number of thiol groups is 1. The van der Waals surface area contributed by atoms with Crippen molar-refractivity contribution in [3.63, 3.8) is 0 Å². The third kappa shape index (κ3) is 4.72. The second-order valence-electron chi connectivity index (χ2n) is 3.16. The van der Waals surface area contributed by atoms with Crippen molar-refractivity contribution < 1.29 is 0 Å². The molecule has 0 saturated carbocycles. The van der Waals surface area contributed by atoms with Crippen molar-refractivity contribution >= 4 is 28.6 Å². The molecule has 0 bridgehead atoms. The van der Waals surface area contributed by atoms with Crippen LogP contribution in [0.3, 0.4) is 0 Å². The summed E-state index contributed by atoms with van der Waals surface area (Å²) in [6.07, 6.45) is 4.98. The lowest BCUT2D eigenvalue weighted by molar-refractivity contribution is 0.723. The molecule has 0 fully saturated rings. The summed E-state index contributed by atoms with van der Waals surface area (Å²) in [6.45, 7) is 0. The summed E-state index contributed by atoms with van der Waals surface area (Å²) in [7, 11) is 0. The van der Waals surface area contributed by atoms with Gasteiger partial charge in [0.15, 0.2) is 0 Å². The van der Waals surface area contributed by atoms with Crippen molar-refractivity contribution in [2.24, 2.45) is 0 Å². The first-order valence-electron chi connectivity index (χ1n) is 4.68. The predicted octanol–water partition coefficient (Wildman–Crippen LogP) is 4.09. The van der Waals surface area contributed by atoms with Crippen LogP contribution >= 0.6 is 28.6 Å². The first-order chi connectivity index (χ1) is 6.33. The Kier molecular flexibility index (Phi) is 5.56. The molecule has 0 saturated heterocycles. The number of benzene rings is 1. The van der Waals surface area contributed by atoms with Crippen molar-refractivity contribution in [3.05, 3.63) is 34.3 Å². The van der Waals surface area contributed by atoms with Crippen LogP contribution in [0.15, 0.2) is 28.7 Å². The number of hydrogen-bond acceptors (Lipinski definition) is 1. The van der Waals surface area contributed by atoms with E-state index in [1.54, 1.807) is 0 Å². The molecule has 0 aliphatic rings. The van der Waals surface area contributed by atoms with Crippen LogP contribution < -0.4 is 0 Å². The van der Waals surface area contributed by atoms with Gasteiger partial charge in [-0.25, -0.2) is 0 Å². The Labute approximate surface area is 94.3 Å². The van der Waals surface area contributed by atoms with Crippen molar-refractivity contribution in [3.8, 4) is 0 Å². The fourth-order valence-electron chi connectivity index (χ4n) is 1.31. The van der Waals surface area contributed by atoms with Gasteiger partial charge >= 0.3 is 0 Å². The Balaban J connectivity index is 2.28. The molecule has 0 radical (unpaired) electrons. The highest BCUT2D eigenvalue weighted by molar-refractivity contribution is 9.10. The van der Waals surface area contributed by atoms with Crippen LogP contribution in [0.4, 0.5) is 0 Å². The molecule has 72 valence electrons. The van der Waals surface area contributed by atoms with E-state index in [1.807, 2.05) is 0 Å². The van der Waals surface area contributed by atoms with Crippen molar-refractivity contribution in [1.29, 1.82) is 0 Å². The van der Waals surface area contributed by atoms with Crippen molar-refractivity contribution in [2.45, 2.75) is 25.7 Å². The maximum Gasteiger partial charge on any atom is 0.0177 e. The van der Waals surface area contributed by atoms with Gasteiger partial charge in [0, 0.05) is 4.47 Å². The second kappa shape index (κ2) is 6.50. The molecule has 0 N–H and O–H groups in total. The van der Waals surface area contributed by atoms with E-state index in [9.17, 15) is 0 Å². The summed E-state index contributed by atoms with van der Waals surface area (Å²) in [5, 5.41) is 0. The first-order valence-corrected chi connectivity index (χ1v) is 6.11. The molecule has 0 amide bonds. The Bertz CT molecular complexity index is 248. The monoisotopic (exact) mass is 258 g/mol. The van der Waals surface area contributed by atoms with E-state index >= 15 is 0 Å². The van der Waals surface area contributed by atoms with Gasteiger partial charge in [-0.15, -0.1) is 0 Å². The maximum absolute atomic E-state index is 4.19. The molecule has 0 aliphatic carbocycles. The van der Waals surface area contributed by atoms with E-state index < -0.39 is 0 Å². The van der Waals surface area contributed by atoms with E-state index in [4.69, 9.17) is 0 Å². The summed E-state index contributed by atoms with van der Waals surface area (Å²) >= 11 is 7.66. The minimum Gasteiger partial charge on any atom is -0.179 e. The molecule has 0 nitrogen and oxygen atoms in total. The van der Waals surface area contributed by atoms with Crippen molar-refractivity contribution in [1.82, 2.24) is 0 Å². The standard InChI is InChI=1S/C11H15BrS/c12-11-7-4-6-10(9-11)5-2-1-3-8-13/h4,6-7,9,13H,1-3,5,8H2. The van der Waals surface area contributed by atoms with Gasteiger partial charge in [0.25, 0.3) is 0 Å². The zero-order chi connectivity index (χ0) is 9.52. The predicted molar refractivity (Wildman–Crippen MR) is 65.6 cm³/mol. The summed E-state index contributed by atoms with van der Waals surface area (Å²) in [6, 6.07) is 8.54. The summed E-state index contributed by atoms with van der Waals surface area (Å²) in [5.41, 5.74) is 1.42. The highest BCUT2D eigenvalue weighted by atomic mass is 79.9. The van der Waals surface area contributed by atoms with Gasteiger partial charge in [-0.2, -0.15) is 12.6 Å². The van der Waals surface area contributed by atoms with Gasteiger partial charge < -0.3 is 0 Å². The van der Waals surface area contributed by atoms with E-state index in [1.165, 1.54) is 35.7 Å². The zero-order valence-corrected chi connectivity index (χ0v) is 10.2. The molecule has 0 heterocycles. The van der Waals surface area contributed by atoms with E-state index in [2.05, 4.69) is 52.8 Å². The molecular formula is C11H15BrS. The third-order valence-electron chi connectivity index (χ3n) is 2.01. The number of hydrogen-bond donors (Lipinski definition) is 1. The average Bonchev–Trinajstić information content (AvgIpc) is 2.13. The normalized spacial score (nSPS) is 10.3. The lowest BCUT2D eigenvalue weighted by Gasteiger charge is -2.01. The topological polar surface area (TPSA) is 0 Å². The van der Waals surface area contributed by atoms with Crippen LogP contribution in [0.2, 0.25) is 0 Å². The van der Waals surface area contributed by atoms with E-state index in [0.717, 1.165) is 5.75 Å². The SMILES string of the molecule is SCCCCCc1cccc(Br)c1. The van der Waals surface area contributed by atoms with Crippen LogP contribution in [0, 0.1) is 0 Å². The fraction of sp³-hybridized carbons (Fsp3) is 0.455. The maximum atomic E-state index is 4.19.